The maximum absolute atomic E-state index is 5.41. The monoisotopic (exact) mass is 380 g/mol. The lowest BCUT2D eigenvalue weighted by atomic mass is 10.5. The van der Waals surface area contributed by atoms with Gasteiger partial charge in [-0.3, -0.25) is 0 Å². The summed E-state index contributed by atoms with van der Waals surface area (Å²) in [6.45, 7) is 1.35. The van der Waals surface area contributed by atoms with Crippen LogP contribution < -0.4 is 55.0 Å². The Kier molecular flexibility index (Phi) is 7.20. The lowest BCUT2D eigenvalue weighted by Gasteiger charge is -1.85. The van der Waals surface area contributed by atoms with Crippen LogP contribution in [0.15, 0.2) is 36.9 Å². The summed E-state index contributed by atoms with van der Waals surface area (Å²) >= 11 is 0. The maximum atomic E-state index is 5.41. The highest BCUT2D eigenvalue weighted by molar-refractivity contribution is 4.74. The van der Waals surface area contributed by atoms with Crippen LogP contribution in [0.3, 0.4) is 0 Å². The Morgan fingerprint density at radius 2 is 1.28 bits per heavy atom. The molecule has 0 atom stereocenters. The highest BCUT2D eigenvalue weighted by atomic mass is 79.9. The van der Waals surface area contributed by atoms with Crippen LogP contribution >= 0.6 is 0 Å². The third-order valence-corrected chi connectivity index (χ3v) is 1.97. The van der Waals surface area contributed by atoms with Crippen molar-refractivity contribution in [1.29, 1.82) is 0 Å². The van der Waals surface area contributed by atoms with E-state index in [-0.39, 0.29) is 34.0 Å². The van der Waals surface area contributed by atoms with Crippen molar-refractivity contribution in [3.05, 3.63) is 36.9 Å². The highest BCUT2D eigenvalue weighted by Crippen LogP contribution is 1.76. The summed E-state index contributed by atoms with van der Waals surface area (Å²) in [5.41, 5.74) is 0. The molecule has 18 heavy (non-hydrogen) atoms. The summed E-state index contributed by atoms with van der Waals surface area (Å²) in [6, 6.07) is 0. The van der Waals surface area contributed by atoms with E-state index in [1.807, 2.05) is 12.2 Å². The standard InChI is InChI=1S/C8H14N8.2BrH/c9-15-7-5-13(11-15)3-1-2-4-14-6-8-16(10)12-14;;/h1-2,5-8H,3-4H2,(H2,9,11)(H2,10,12);2*1H/q+2;;/p-2/b2-1+;;. The number of nitrogens with zero attached hydrogens (tertiary/aromatic N) is 6. The van der Waals surface area contributed by atoms with E-state index in [1.165, 1.54) is 9.58 Å². The number of hydrogen-bond donors (Lipinski definition) is 2. The Hall–Kier alpha value is -1.42. The minimum absolute atomic E-state index is 0. The summed E-state index contributed by atoms with van der Waals surface area (Å²) in [7, 11) is 0. The Morgan fingerprint density at radius 1 is 0.889 bits per heavy atom. The molecule has 0 saturated heterocycles. The molecule has 0 spiro atoms. The first-order chi connectivity index (χ1) is 7.74. The van der Waals surface area contributed by atoms with E-state index in [2.05, 4.69) is 10.4 Å². The average molecular weight is 382 g/mol. The SMILES string of the molecule is Nn1cc[n+](C/C=C/C[n+]2ccn(N)n2)n1.[Br-].[Br-]. The van der Waals surface area contributed by atoms with Crippen LogP contribution in [0.25, 0.3) is 0 Å². The van der Waals surface area contributed by atoms with E-state index < -0.39 is 0 Å². The molecule has 2 aromatic heterocycles. The average Bonchev–Trinajstić information content (AvgIpc) is 2.83. The van der Waals surface area contributed by atoms with Gasteiger partial charge in [-0.15, -0.1) is 9.36 Å². The van der Waals surface area contributed by atoms with Crippen molar-refractivity contribution in [2.24, 2.45) is 0 Å². The summed E-state index contributed by atoms with van der Waals surface area (Å²) in [5.74, 6) is 10.8. The number of aromatic nitrogens is 6. The second-order valence-electron chi connectivity index (χ2n) is 3.25. The number of nitrogen functional groups attached to an aromatic ring is 2. The van der Waals surface area contributed by atoms with Gasteiger partial charge in [-0.05, 0) is 21.7 Å². The summed E-state index contributed by atoms with van der Waals surface area (Å²) < 4.78 is 3.45. The van der Waals surface area contributed by atoms with E-state index in [0.717, 1.165) is 0 Å². The quantitative estimate of drug-likeness (QED) is 0.312. The fourth-order valence-corrected chi connectivity index (χ4v) is 1.23. The predicted octanol–water partition coefficient (Wildman–Crippen LogP) is -8.65. The molecule has 100 valence electrons. The molecule has 8 nitrogen and oxygen atoms in total. The lowest BCUT2D eigenvalue weighted by Crippen LogP contribution is -3.00. The first kappa shape index (κ1) is 16.6. The summed E-state index contributed by atoms with van der Waals surface area (Å²) in [6.07, 6.45) is 10.9. The van der Waals surface area contributed by atoms with E-state index in [0.29, 0.717) is 13.1 Å². The molecule has 0 bridgehead atoms. The van der Waals surface area contributed by atoms with Crippen LogP contribution in [0.5, 0.6) is 0 Å². The van der Waals surface area contributed by atoms with Gasteiger partial charge < -0.3 is 34.0 Å². The Balaban J connectivity index is 0.00000144. The van der Waals surface area contributed by atoms with Gasteiger partial charge in [0.1, 0.15) is 23.5 Å². The smallest absolute Gasteiger partial charge is 0.184 e. The minimum atomic E-state index is 0. The van der Waals surface area contributed by atoms with E-state index >= 15 is 0 Å². The molecule has 0 aliphatic heterocycles. The molecule has 2 aromatic rings. The molecule has 0 saturated carbocycles. The minimum Gasteiger partial charge on any atom is -1.00 e. The largest absolute Gasteiger partial charge is 1.00 e. The second kappa shape index (κ2) is 7.82. The second-order valence-corrected chi connectivity index (χ2v) is 3.25. The van der Waals surface area contributed by atoms with Crippen LogP contribution in [0.4, 0.5) is 0 Å². The molecule has 0 radical (unpaired) electrons. The molecule has 0 aliphatic carbocycles. The Bertz CT molecular complexity index is 447. The third kappa shape index (κ3) is 4.84. The molecule has 2 heterocycles. The van der Waals surface area contributed by atoms with Crippen molar-refractivity contribution in [1.82, 2.24) is 20.0 Å². The lowest BCUT2D eigenvalue weighted by molar-refractivity contribution is -0.749. The highest BCUT2D eigenvalue weighted by Gasteiger charge is 2.00. The van der Waals surface area contributed by atoms with Crippen LogP contribution in [-0.2, 0) is 13.1 Å². The zero-order chi connectivity index (χ0) is 11.4. The predicted molar refractivity (Wildman–Crippen MR) is 54.3 cm³/mol. The maximum Gasteiger partial charge on any atom is 0.184 e. The molecule has 10 heteroatoms. The topological polar surface area (TPSA) is 95.4 Å². The van der Waals surface area contributed by atoms with Gasteiger partial charge in [-0.2, -0.15) is 0 Å². The first-order valence-electron chi connectivity index (χ1n) is 4.80. The van der Waals surface area contributed by atoms with E-state index in [9.17, 15) is 0 Å². The molecule has 0 fully saturated rings. The van der Waals surface area contributed by atoms with Gasteiger partial charge in [0, 0.05) is 0 Å². The van der Waals surface area contributed by atoms with Gasteiger partial charge in [0.25, 0.3) is 0 Å². The van der Waals surface area contributed by atoms with Gasteiger partial charge in [0.05, 0.1) is 0 Å². The zero-order valence-electron chi connectivity index (χ0n) is 9.47. The fourth-order valence-electron chi connectivity index (χ4n) is 1.23. The van der Waals surface area contributed by atoms with Crippen molar-refractivity contribution in [2.45, 2.75) is 13.1 Å². The van der Waals surface area contributed by atoms with E-state index in [4.69, 9.17) is 11.7 Å². The Morgan fingerprint density at radius 3 is 1.56 bits per heavy atom. The van der Waals surface area contributed by atoms with Gasteiger partial charge in [-0.1, -0.05) is 0 Å². The van der Waals surface area contributed by atoms with Crippen LogP contribution in [0.2, 0.25) is 0 Å². The van der Waals surface area contributed by atoms with Gasteiger partial charge >= 0.3 is 0 Å². The molecule has 0 aliphatic rings. The molecule has 2 rings (SSSR count). The third-order valence-electron chi connectivity index (χ3n) is 1.97. The summed E-state index contributed by atoms with van der Waals surface area (Å²) in [4.78, 5) is 2.53. The van der Waals surface area contributed by atoms with E-state index in [1.54, 1.807) is 34.2 Å². The normalized spacial score (nSPS) is 10.0. The van der Waals surface area contributed by atoms with Gasteiger partial charge in [0.15, 0.2) is 24.8 Å². The van der Waals surface area contributed by atoms with Gasteiger partial charge in [-0.25, -0.2) is 11.7 Å². The van der Waals surface area contributed by atoms with Crippen molar-refractivity contribution < 1.29 is 43.3 Å². The van der Waals surface area contributed by atoms with Crippen LogP contribution in [-0.4, -0.2) is 20.0 Å². The molecule has 0 unspecified atom stereocenters. The van der Waals surface area contributed by atoms with Crippen molar-refractivity contribution in [3.63, 3.8) is 0 Å². The molecular weight excluding hydrogens is 368 g/mol. The number of allylic oxidation sites excluding steroid dienone is 2. The van der Waals surface area contributed by atoms with Crippen LogP contribution in [0.1, 0.15) is 0 Å². The number of nitrogens with two attached hydrogens (primary N) is 2. The summed E-state index contributed by atoms with van der Waals surface area (Å²) in [5, 5.41) is 7.95. The first-order valence-corrected chi connectivity index (χ1v) is 4.80. The van der Waals surface area contributed by atoms with Crippen molar-refractivity contribution >= 4 is 0 Å². The number of hydrogen-bond acceptors (Lipinski definition) is 4. The number of halogens is 2. The molecular formula is C8H14Br2N8. The molecule has 0 amide bonds. The van der Waals surface area contributed by atoms with Crippen molar-refractivity contribution in [2.75, 3.05) is 11.7 Å². The molecule has 4 N–H and O–H groups in total. The van der Waals surface area contributed by atoms with Crippen LogP contribution in [0, 0.1) is 0 Å². The Labute approximate surface area is 125 Å². The molecule has 0 aromatic carbocycles. The van der Waals surface area contributed by atoms with Gasteiger partial charge in [0.2, 0.25) is 0 Å². The fraction of sp³-hybridized carbons (Fsp3) is 0.250. The zero-order valence-corrected chi connectivity index (χ0v) is 12.6. The number of rotatable bonds is 4. The van der Waals surface area contributed by atoms with Crippen molar-refractivity contribution in [3.8, 4) is 0 Å².